The zero-order valence-electron chi connectivity index (χ0n) is 16.7. The van der Waals surface area contributed by atoms with Gasteiger partial charge in [0.25, 0.3) is 5.22 Å². The van der Waals surface area contributed by atoms with Gasteiger partial charge in [-0.1, -0.05) is 91.5 Å². The molecule has 1 N–H and O–H groups in total. The van der Waals surface area contributed by atoms with E-state index in [4.69, 9.17) is 4.42 Å². The number of oxazole rings is 1. The molecule has 0 aliphatic rings. The minimum Gasteiger partial charge on any atom is -0.431 e. The van der Waals surface area contributed by atoms with Crippen molar-refractivity contribution in [3.8, 4) is 22.6 Å². The summed E-state index contributed by atoms with van der Waals surface area (Å²) in [6.45, 7) is 2.09. The maximum Gasteiger partial charge on any atom is 0.257 e. The van der Waals surface area contributed by atoms with Gasteiger partial charge >= 0.3 is 0 Å². The maximum absolute atomic E-state index is 12.4. The Morgan fingerprint density at radius 3 is 2.33 bits per heavy atom. The Balaban J connectivity index is 1.52. The fraction of sp³-hybridized carbons (Fsp3) is 0.120. The molecule has 0 fully saturated rings. The summed E-state index contributed by atoms with van der Waals surface area (Å²) in [5, 5.41) is 3.42. The Kier molecular flexibility index (Phi) is 6.30. The predicted octanol–water partition coefficient (Wildman–Crippen LogP) is 6.30. The average Bonchev–Trinajstić information content (AvgIpc) is 3.23. The molecule has 0 radical (unpaired) electrons. The number of nitrogens with one attached hydrogen (secondary N) is 1. The maximum atomic E-state index is 12.4. The van der Waals surface area contributed by atoms with Gasteiger partial charge in [-0.15, -0.1) is 0 Å². The number of amides is 1. The zero-order valence-corrected chi connectivity index (χ0v) is 17.5. The summed E-state index contributed by atoms with van der Waals surface area (Å²) >= 11 is 1.29. The lowest BCUT2D eigenvalue weighted by molar-refractivity contribution is -0.113. The van der Waals surface area contributed by atoms with Crippen molar-refractivity contribution in [2.24, 2.45) is 0 Å². The van der Waals surface area contributed by atoms with Crippen LogP contribution in [0.3, 0.4) is 0 Å². The fourth-order valence-electron chi connectivity index (χ4n) is 3.13. The first kappa shape index (κ1) is 20.0. The molecule has 0 saturated carbocycles. The highest BCUT2D eigenvalue weighted by Gasteiger charge is 2.18. The van der Waals surface area contributed by atoms with Gasteiger partial charge < -0.3 is 9.73 Å². The van der Waals surface area contributed by atoms with Gasteiger partial charge in [-0.05, 0) is 24.1 Å². The van der Waals surface area contributed by atoms with Crippen LogP contribution in [0.1, 0.15) is 12.5 Å². The number of aryl methyl sites for hydroxylation is 1. The van der Waals surface area contributed by atoms with Crippen LogP contribution in [0.15, 0.2) is 94.6 Å². The average molecular weight is 415 g/mol. The van der Waals surface area contributed by atoms with Crippen LogP contribution in [0.25, 0.3) is 22.6 Å². The molecule has 4 nitrogen and oxygen atoms in total. The molecule has 0 unspecified atom stereocenters. The topological polar surface area (TPSA) is 55.1 Å². The molecule has 4 rings (SSSR count). The van der Waals surface area contributed by atoms with Gasteiger partial charge in [0.1, 0.15) is 5.69 Å². The molecule has 5 heteroatoms. The largest absolute Gasteiger partial charge is 0.431 e. The molecule has 0 aliphatic carbocycles. The quantitative estimate of drug-likeness (QED) is 0.361. The Bertz CT molecular complexity index is 1070. The Morgan fingerprint density at radius 2 is 1.63 bits per heavy atom. The van der Waals surface area contributed by atoms with Crippen molar-refractivity contribution in [2.75, 3.05) is 11.1 Å². The normalized spacial score (nSPS) is 10.7. The van der Waals surface area contributed by atoms with E-state index >= 15 is 0 Å². The number of carbonyl (C=O) groups excluding carboxylic acids is 1. The first-order chi connectivity index (χ1) is 14.7. The van der Waals surface area contributed by atoms with Crippen LogP contribution in [-0.4, -0.2) is 16.6 Å². The van der Waals surface area contributed by atoms with Gasteiger partial charge in [0.05, 0.1) is 5.75 Å². The molecule has 0 spiro atoms. The number of thioether (sulfide) groups is 1. The van der Waals surface area contributed by atoms with Gasteiger partial charge in [0.2, 0.25) is 5.91 Å². The van der Waals surface area contributed by atoms with Crippen LogP contribution in [0.5, 0.6) is 0 Å². The van der Waals surface area contributed by atoms with Gasteiger partial charge in [-0.25, -0.2) is 4.98 Å². The van der Waals surface area contributed by atoms with Crippen molar-refractivity contribution in [3.05, 3.63) is 90.5 Å². The molecular formula is C25H22N2O2S. The molecule has 30 heavy (non-hydrogen) atoms. The van der Waals surface area contributed by atoms with Gasteiger partial charge in [-0.3, -0.25) is 4.79 Å². The van der Waals surface area contributed by atoms with E-state index < -0.39 is 0 Å². The number of hydrogen-bond donors (Lipinski definition) is 1. The van der Waals surface area contributed by atoms with Crippen molar-refractivity contribution in [1.29, 1.82) is 0 Å². The van der Waals surface area contributed by atoms with Crippen LogP contribution in [-0.2, 0) is 11.2 Å². The van der Waals surface area contributed by atoms with Gasteiger partial charge in [0, 0.05) is 16.8 Å². The molecule has 3 aromatic carbocycles. The third-order valence-electron chi connectivity index (χ3n) is 4.64. The summed E-state index contributed by atoms with van der Waals surface area (Å²) in [7, 11) is 0. The summed E-state index contributed by atoms with van der Waals surface area (Å²) in [6.07, 6.45) is 0.930. The summed E-state index contributed by atoms with van der Waals surface area (Å²) < 4.78 is 6.06. The van der Waals surface area contributed by atoms with Gasteiger partial charge in [-0.2, -0.15) is 0 Å². The molecule has 150 valence electrons. The van der Waals surface area contributed by atoms with E-state index in [2.05, 4.69) is 17.2 Å². The lowest BCUT2D eigenvalue weighted by Crippen LogP contribution is -2.14. The third kappa shape index (κ3) is 4.81. The highest BCUT2D eigenvalue weighted by molar-refractivity contribution is 7.99. The first-order valence-electron chi connectivity index (χ1n) is 9.86. The molecule has 0 aliphatic heterocycles. The summed E-state index contributed by atoms with van der Waals surface area (Å²) in [6, 6.07) is 27.7. The van der Waals surface area contributed by atoms with E-state index in [9.17, 15) is 4.79 Å². The smallest absolute Gasteiger partial charge is 0.257 e. The fourth-order valence-corrected chi connectivity index (χ4v) is 3.76. The lowest BCUT2D eigenvalue weighted by Gasteiger charge is -2.05. The Hall–Kier alpha value is -3.31. The van der Waals surface area contributed by atoms with Crippen molar-refractivity contribution in [1.82, 2.24) is 4.98 Å². The minimum atomic E-state index is -0.0889. The molecule has 4 aromatic rings. The Morgan fingerprint density at radius 1 is 0.933 bits per heavy atom. The van der Waals surface area contributed by atoms with E-state index in [-0.39, 0.29) is 11.7 Å². The lowest BCUT2D eigenvalue weighted by atomic mass is 10.1. The van der Waals surface area contributed by atoms with Crippen molar-refractivity contribution in [2.45, 2.75) is 18.6 Å². The van der Waals surface area contributed by atoms with Crippen molar-refractivity contribution >= 4 is 23.4 Å². The number of anilines is 1. The minimum absolute atomic E-state index is 0.0889. The van der Waals surface area contributed by atoms with Crippen molar-refractivity contribution < 1.29 is 9.21 Å². The summed E-state index contributed by atoms with van der Waals surface area (Å²) in [5.41, 5.74) is 4.71. The molecule has 0 bridgehead atoms. The molecule has 1 aromatic heterocycles. The monoisotopic (exact) mass is 414 g/mol. The summed E-state index contributed by atoms with van der Waals surface area (Å²) in [4.78, 5) is 17.1. The van der Waals surface area contributed by atoms with Crippen LogP contribution >= 0.6 is 11.8 Å². The predicted molar refractivity (Wildman–Crippen MR) is 123 cm³/mol. The number of nitrogens with zero attached hydrogens (tertiary/aromatic N) is 1. The van der Waals surface area contributed by atoms with Crippen LogP contribution in [0, 0.1) is 0 Å². The highest BCUT2D eigenvalue weighted by atomic mass is 32.2. The van der Waals surface area contributed by atoms with E-state index in [0.29, 0.717) is 11.0 Å². The second-order valence-corrected chi connectivity index (χ2v) is 7.71. The molecule has 0 saturated heterocycles. The van der Waals surface area contributed by atoms with E-state index in [0.717, 1.165) is 28.9 Å². The molecular weight excluding hydrogens is 392 g/mol. The molecule has 1 heterocycles. The molecule has 1 amide bonds. The number of rotatable bonds is 7. The number of benzene rings is 3. The number of hydrogen-bond acceptors (Lipinski definition) is 4. The second-order valence-electron chi connectivity index (χ2n) is 6.78. The molecule has 0 atom stereocenters. The zero-order chi connectivity index (χ0) is 20.8. The van der Waals surface area contributed by atoms with Gasteiger partial charge in [0.15, 0.2) is 5.76 Å². The number of aromatic nitrogens is 1. The van der Waals surface area contributed by atoms with Crippen LogP contribution in [0.2, 0.25) is 0 Å². The van der Waals surface area contributed by atoms with Crippen LogP contribution < -0.4 is 5.32 Å². The second kappa shape index (κ2) is 9.46. The SMILES string of the molecule is CCc1cccc(NC(=O)CSc2nc(-c3ccccc3)c(-c3ccccc3)o2)c1. The first-order valence-corrected chi connectivity index (χ1v) is 10.8. The van der Waals surface area contributed by atoms with Crippen LogP contribution in [0.4, 0.5) is 5.69 Å². The number of carbonyl (C=O) groups is 1. The standard InChI is InChI=1S/C25H22N2O2S/c1-2-18-10-9-15-21(16-18)26-22(28)17-30-25-27-23(19-11-5-3-6-12-19)24(29-25)20-13-7-4-8-14-20/h3-16H,2,17H2,1H3,(H,26,28). The summed E-state index contributed by atoms with van der Waals surface area (Å²) in [5.74, 6) is 0.841. The Labute approximate surface area is 180 Å². The van der Waals surface area contributed by atoms with E-state index in [1.807, 2.05) is 84.9 Å². The highest BCUT2D eigenvalue weighted by Crippen LogP contribution is 2.35. The van der Waals surface area contributed by atoms with Crippen molar-refractivity contribution in [3.63, 3.8) is 0 Å². The third-order valence-corrected chi connectivity index (χ3v) is 5.46. The van der Waals surface area contributed by atoms with E-state index in [1.165, 1.54) is 17.3 Å². The van der Waals surface area contributed by atoms with E-state index in [1.54, 1.807) is 0 Å².